The molecule has 1 rings (SSSR count). The lowest BCUT2D eigenvalue weighted by Gasteiger charge is -2.10. The Balaban J connectivity index is 3.55. The van der Waals surface area contributed by atoms with E-state index in [2.05, 4.69) is 22.5 Å². The molecule has 0 aliphatic heterocycles. The second-order valence-electron chi connectivity index (χ2n) is 3.41. The first-order valence-electron chi connectivity index (χ1n) is 5.24. The van der Waals surface area contributed by atoms with Crippen molar-refractivity contribution in [3.05, 3.63) is 64.4 Å². The quantitative estimate of drug-likeness (QED) is 0.438. The van der Waals surface area contributed by atoms with Gasteiger partial charge in [0.1, 0.15) is 5.76 Å². The van der Waals surface area contributed by atoms with Crippen LogP contribution in [0.25, 0.3) is 5.57 Å². The molecule has 18 heavy (non-hydrogen) atoms. The van der Waals surface area contributed by atoms with Gasteiger partial charge in [-0.25, -0.2) is 8.78 Å². The van der Waals surface area contributed by atoms with Crippen LogP contribution in [0.1, 0.15) is 12.5 Å². The van der Waals surface area contributed by atoms with Gasteiger partial charge in [-0.2, -0.15) is 0 Å². The molecule has 0 aliphatic rings. The summed E-state index contributed by atoms with van der Waals surface area (Å²) >= 11 is 2.94. The largest absolute Gasteiger partial charge is 0.496 e. The number of methoxy groups -OCH3 is 1. The minimum Gasteiger partial charge on any atom is -0.496 e. The zero-order valence-electron chi connectivity index (χ0n) is 10.1. The van der Waals surface area contributed by atoms with Crippen LogP contribution in [0, 0.1) is 11.6 Å². The number of benzene rings is 1. The highest BCUT2D eigenvalue weighted by Crippen LogP contribution is 2.29. The van der Waals surface area contributed by atoms with Crippen molar-refractivity contribution in [2.75, 3.05) is 7.11 Å². The predicted molar refractivity (Wildman–Crippen MR) is 73.0 cm³/mol. The van der Waals surface area contributed by atoms with Crippen LogP contribution in [0.15, 0.2) is 47.2 Å². The molecule has 0 unspecified atom stereocenters. The highest BCUT2D eigenvalue weighted by molar-refractivity contribution is 9.10. The second kappa shape index (κ2) is 6.50. The van der Waals surface area contributed by atoms with Gasteiger partial charge in [0, 0.05) is 11.1 Å². The summed E-state index contributed by atoms with van der Waals surface area (Å²) in [6.07, 6.45) is 4.82. The maximum absolute atomic E-state index is 13.9. The second-order valence-corrected chi connectivity index (χ2v) is 4.26. The Morgan fingerprint density at radius 1 is 1.33 bits per heavy atom. The summed E-state index contributed by atoms with van der Waals surface area (Å²) in [5.74, 6) is -1.46. The Morgan fingerprint density at radius 3 is 2.50 bits per heavy atom. The van der Waals surface area contributed by atoms with Gasteiger partial charge in [-0.1, -0.05) is 18.7 Å². The molecular formula is C14H13BrF2O. The van der Waals surface area contributed by atoms with E-state index in [9.17, 15) is 8.78 Å². The van der Waals surface area contributed by atoms with Crippen LogP contribution < -0.4 is 0 Å². The van der Waals surface area contributed by atoms with Gasteiger partial charge in [0.2, 0.25) is 0 Å². The number of hydrogen-bond donors (Lipinski definition) is 0. The van der Waals surface area contributed by atoms with E-state index in [0.717, 1.165) is 0 Å². The molecule has 4 heteroatoms. The highest BCUT2D eigenvalue weighted by Gasteiger charge is 2.16. The molecule has 0 radical (unpaired) electrons. The van der Waals surface area contributed by atoms with Gasteiger partial charge in [-0.05, 0) is 41.1 Å². The Bertz CT molecular complexity index is 519. The minimum absolute atomic E-state index is 0.0844. The maximum atomic E-state index is 13.9. The lowest BCUT2D eigenvalue weighted by molar-refractivity contribution is 0.309. The molecule has 0 fully saturated rings. The molecule has 0 N–H and O–H groups in total. The molecule has 0 aliphatic carbocycles. The summed E-state index contributed by atoms with van der Waals surface area (Å²) in [7, 11) is 1.45. The van der Waals surface area contributed by atoms with Crippen molar-refractivity contribution in [2.24, 2.45) is 0 Å². The van der Waals surface area contributed by atoms with E-state index in [1.54, 1.807) is 19.1 Å². The van der Waals surface area contributed by atoms with Crippen molar-refractivity contribution >= 4 is 21.5 Å². The van der Waals surface area contributed by atoms with Crippen molar-refractivity contribution in [3.8, 4) is 0 Å². The molecule has 0 atom stereocenters. The first-order valence-corrected chi connectivity index (χ1v) is 6.03. The van der Waals surface area contributed by atoms with Gasteiger partial charge < -0.3 is 4.74 Å². The van der Waals surface area contributed by atoms with Crippen LogP contribution >= 0.6 is 15.9 Å². The van der Waals surface area contributed by atoms with E-state index < -0.39 is 11.6 Å². The third-order valence-corrected chi connectivity index (χ3v) is 2.94. The molecule has 0 heterocycles. The normalized spacial score (nSPS) is 12.5. The lowest BCUT2D eigenvalue weighted by atomic mass is 10.0. The molecule has 1 aromatic rings. The number of hydrogen-bond acceptors (Lipinski definition) is 1. The number of rotatable bonds is 4. The minimum atomic E-state index is -0.922. The van der Waals surface area contributed by atoms with E-state index in [-0.39, 0.29) is 10.0 Å². The standard InChI is InChI=1S/C14H13BrF2O/c1-4-6-9(12(5-2)18-3)10-7-8-11(15)14(17)13(10)16/h4-8H,2H2,1,3H3/b6-4-,12-9-. The molecule has 0 saturated carbocycles. The molecule has 96 valence electrons. The first kappa shape index (κ1) is 14.6. The van der Waals surface area contributed by atoms with Crippen LogP contribution in [-0.2, 0) is 4.74 Å². The summed E-state index contributed by atoms with van der Waals surface area (Å²) in [5.41, 5.74) is 0.574. The molecule has 1 nitrogen and oxygen atoms in total. The Labute approximate surface area is 114 Å². The van der Waals surface area contributed by atoms with Crippen molar-refractivity contribution in [2.45, 2.75) is 6.92 Å². The molecule has 0 amide bonds. The van der Waals surface area contributed by atoms with Crippen molar-refractivity contribution in [1.29, 1.82) is 0 Å². The van der Waals surface area contributed by atoms with E-state index in [0.29, 0.717) is 11.3 Å². The van der Waals surface area contributed by atoms with Crippen LogP contribution in [0.5, 0.6) is 0 Å². The Hall–Kier alpha value is -1.42. The van der Waals surface area contributed by atoms with Crippen molar-refractivity contribution < 1.29 is 13.5 Å². The summed E-state index contributed by atoms with van der Waals surface area (Å²) in [6, 6.07) is 2.94. The van der Waals surface area contributed by atoms with Crippen LogP contribution in [0.4, 0.5) is 8.78 Å². The van der Waals surface area contributed by atoms with Crippen LogP contribution in [-0.4, -0.2) is 7.11 Å². The third-order valence-electron chi connectivity index (χ3n) is 2.33. The smallest absolute Gasteiger partial charge is 0.173 e. The van der Waals surface area contributed by atoms with Gasteiger partial charge in [0.05, 0.1) is 11.6 Å². The van der Waals surface area contributed by atoms with Crippen LogP contribution in [0.3, 0.4) is 0 Å². The van der Waals surface area contributed by atoms with E-state index in [1.165, 1.54) is 25.3 Å². The zero-order chi connectivity index (χ0) is 13.7. The van der Waals surface area contributed by atoms with Gasteiger partial charge in [0.25, 0.3) is 0 Å². The van der Waals surface area contributed by atoms with E-state index in [4.69, 9.17) is 4.74 Å². The molecule has 0 spiro atoms. The summed E-state index contributed by atoms with van der Waals surface area (Å²) in [5, 5.41) is 0. The third kappa shape index (κ3) is 2.88. The number of ether oxygens (including phenoxy) is 1. The summed E-state index contributed by atoms with van der Waals surface area (Å²) in [4.78, 5) is 0. The van der Waals surface area contributed by atoms with E-state index in [1.807, 2.05) is 0 Å². The van der Waals surface area contributed by atoms with Crippen molar-refractivity contribution in [1.82, 2.24) is 0 Å². The molecule has 0 saturated heterocycles. The van der Waals surface area contributed by atoms with E-state index >= 15 is 0 Å². The van der Waals surface area contributed by atoms with Gasteiger partial charge in [0.15, 0.2) is 11.6 Å². The van der Waals surface area contributed by atoms with Crippen LogP contribution in [0.2, 0.25) is 0 Å². The lowest BCUT2D eigenvalue weighted by Crippen LogP contribution is -1.97. The van der Waals surface area contributed by atoms with Gasteiger partial charge >= 0.3 is 0 Å². The average Bonchev–Trinajstić information content (AvgIpc) is 2.37. The average molecular weight is 315 g/mol. The predicted octanol–water partition coefficient (Wildman–Crippen LogP) is 4.85. The topological polar surface area (TPSA) is 9.23 Å². The number of allylic oxidation sites excluding steroid dienone is 4. The maximum Gasteiger partial charge on any atom is 0.173 e. The molecule has 0 aromatic heterocycles. The molecule has 0 bridgehead atoms. The SMILES string of the molecule is C=C/C(OC)=C(\C=C/C)c1ccc(Br)c(F)c1F. The first-order chi connectivity index (χ1) is 8.56. The number of halogens is 3. The van der Waals surface area contributed by atoms with Crippen molar-refractivity contribution in [3.63, 3.8) is 0 Å². The molecule has 1 aromatic carbocycles. The summed E-state index contributed by atoms with van der Waals surface area (Å²) < 4.78 is 32.6. The monoisotopic (exact) mass is 314 g/mol. The molecular weight excluding hydrogens is 302 g/mol. The fraction of sp³-hybridized carbons (Fsp3) is 0.143. The Morgan fingerprint density at radius 2 is 2.00 bits per heavy atom. The highest BCUT2D eigenvalue weighted by atomic mass is 79.9. The fourth-order valence-corrected chi connectivity index (χ4v) is 1.81. The Kier molecular flexibility index (Phi) is 5.28. The van der Waals surface area contributed by atoms with Gasteiger partial charge in [-0.15, -0.1) is 0 Å². The van der Waals surface area contributed by atoms with Gasteiger partial charge in [-0.3, -0.25) is 0 Å². The fourth-order valence-electron chi connectivity index (χ4n) is 1.51. The zero-order valence-corrected chi connectivity index (χ0v) is 11.7. The summed E-state index contributed by atoms with van der Waals surface area (Å²) in [6.45, 7) is 5.37.